The molecule has 1 atom stereocenters. The Balaban J connectivity index is 1.21. The van der Waals surface area contributed by atoms with Crippen LogP contribution in [-0.2, 0) is 0 Å². The molecule has 0 amide bonds. The van der Waals surface area contributed by atoms with E-state index >= 15 is 0 Å². The molecule has 5 aromatic heterocycles. The lowest BCUT2D eigenvalue weighted by Gasteiger charge is -2.16. The van der Waals surface area contributed by atoms with Gasteiger partial charge in [0.1, 0.15) is 11.5 Å². The predicted molar refractivity (Wildman–Crippen MR) is 212 cm³/mol. The maximum absolute atomic E-state index is 5.28. The Hall–Kier alpha value is -7.19. The average molecular weight is 683 g/mol. The molecule has 1 aliphatic carbocycles. The lowest BCUT2D eigenvalue weighted by Crippen LogP contribution is -2.11. The topological polar surface area (TPSA) is 90.1 Å². The van der Waals surface area contributed by atoms with Crippen LogP contribution >= 0.6 is 0 Å². The Labute approximate surface area is 303 Å². The highest BCUT2D eigenvalue weighted by Crippen LogP contribution is 2.41. The Morgan fingerprint density at radius 3 is 2.04 bits per heavy atom. The summed E-state index contributed by atoms with van der Waals surface area (Å²) < 4.78 is 4.56. The molecule has 8 nitrogen and oxygen atoms in total. The Morgan fingerprint density at radius 2 is 1.30 bits per heavy atom. The van der Waals surface area contributed by atoms with Crippen molar-refractivity contribution >= 4 is 54.6 Å². The molecule has 0 fully saturated rings. The zero-order valence-corrected chi connectivity index (χ0v) is 28.4. The number of nitrogens with zero attached hydrogens (tertiary/aromatic N) is 7. The number of para-hydroxylation sites is 4. The van der Waals surface area contributed by atoms with Gasteiger partial charge in [-0.3, -0.25) is 9.55 Å². The van der Waals surface area contributed by atoms with E-state index in [9.17, 15) is 0 Å². The van der Waals surface area contributed by atoms with E-state index in [4.69, 9.17) is 24.9 Å². The van der Waals surface area contributed by atoms with Crippen molar-refractivity contribution in [3.05, 3.63) is 164 Å². The molecule has 10 aromatic rings. The number of fused-ring (bicyclic) bond motifs is 8. The maximum atomic E-state index is 5.28. The fraction of sp³-hybridized carbons (Fsp3) is 0.0444. The number of allylic oxidation sites excluding steroid dienone is 4. The van der Waals surface area contributed by atoms with Gasteiger partial charge in [0, 0.05) is 33.0 Å². The number of H-pyrrole nitrogens is 1. The summed E-state index contributed by atoms with van der Waals surface area (Å²) in [6.45, 7) is 0. The third-order valence-corrected chi connectivity index (χ3v) is 10.3. The van der Waals surface area contributed by atoms with Crippen molar-refractivity contribution in [1.29, 1.82) is 0 Å². The minimum Gasteiger partial charge on any atom is -0.337 e. The van der Waals surface area contributed by atoms with E-state index in [0.717, 1.165) is 89.7 Å². The first kappa shape index (κ1) is 29.5. The van der Waals surface area contributed by atoms with Crippen LogP contribution in [0.2, 0.25) is 0 Å². The van der Waals surface area contributed by atoms with Crippen molar-refractivity contribution in [1.82, 2.24) is 39.0 Å². The summed E-state index contributed by atoms with van der Waals surface area (Å²) in [5, 5.41) is 4.54. The van der Waals surface area contributed by atoms with Gasteiger partial charge in [-0.15, -0.1) is 0 Å². The first-order valence-electron chi connectivity index (χ1n) is 17.8. The third kappa shape index (κ3) is 4.66. The van der Waals surface area contributed by atoms with Gasteiger partial charge in [0.15, 0.2) is 11.6 Å². The van der Waals surface area contributed by atoms with Gasteiger partial charge in [0.25, 0.3) is 0 Å². The van der Waals surface area contributed by atoms with Crippen LogP contribution in [0.4, 0.5) is 0 Å². The molecule has 0 saturated carbocycles. The van der Waals surface area contributed by atoms with Gasteiger partial charge < -0.3 is 9.55 Å². The van der Waals surface area contributed by atoms with Crippen LogP contribution < -0.4 is 0 Å². The molecule has 5 aromatic carbocycles. The molecule has 250 valence electrons. The first-order valence-corrected chi connectivity index (χ1v) is 17.8. The summed E-state index contributed by atoms with van der Waals surface area (Å²) in [6.07, 6.45) is 11.3. The minimum absolute atomic E-state index is 0.0418. The van der Waals surface area contributed by atoms with E-state index in [1.165, 1.54) is 0 Å². The van der Waals surface area contributed by atoms with Gasteiger partial charge >= 0.3 is 0 Å². The van der Waals surface area contributed by atoms with Crippen molar-refractivity contribution in [3.8, 4) is 34.5 Å². The largest absolute Gasteiger partial charge is 0.337 e. The molecule has 0 bridgehead atoms. The van der Waals surface area contributed by atoms with E-state index in [-0.39, 0.29) is 5.92 Å². The van der Waals surface area contributed by atoms with Crippen molar-refractivity contribution in [2.75, 3.05) is 0 Å². The third-order valence-electron chi connectivity index (χ3n) is 10.3. The predicted octanol–water partition coefficient (Wildman–Crippen LogP) is 10.3. The van der Waals surface area contributed by atoms with Crippen LogP contribution in [0.5, 0.6) is 0 Å². The summed E-state index contributed by atoms with van der Waals surface area (Å²) in [5.41, 5.74) is 8.77. The maximum Gasteiger partial charge on any atom is 0.238 e. The van der Waals surface area contributed by atoms with Crippen molar-refractivity contribution in [3.63, 3.8) is 0 Å². The molecular weight excluding hydrogens is 653 g/mol. The summed E-state index contributed by atoms with van der Waals surface area (Å²) in [6, 6.07) is 44.0. The fourth-order valence-corrected chi connectivity index (χ4v) is 7.84. The highest BCUT2D eigenvalue weighted by Gasteiger charge is 2.24. The monoisotopic (exact) mass is 682 g/mol. The van der Waals surface area contributed by atoms with Crippen LogP contribution in [0.15, 0.2) is 158 Å². The Bertz CT molecular complexity index is 3060. The minimum atomic E-state index is 0.0418. The van der Waals surface area contributed by atoms with Gasteiger partial charge in [0.05, 0.1) is 45.0 Å². The van der Waals surface area contributed by atoms with Crippen molar-refractivity contribution in [2.45, 2.75) is 12.3 Å². The molecule has 1 unspecified atom stereocenters. The van der Waals surface area contributed by atoms with Crippen LogP contribution in [0.25, 0.3) is 89.2 Å². The highest BCUT2D eigenvalue weighted by molar-refractivity contribution is 6.23. The molecule has 0 spiro atoms. The summed E-state index contributed by atoms with van der Waals surface area (Å²) in [4.78, 5) is 28.8. The van der Waals surface area contributed by atoms with Gasteiger partial charge in [-0.25, -0.2) is 9.97 Å². The van der Waals surface area contributed by atoms with E-state index in [2.05, 4.69) is 117 Å². The summed E-state index contributed by atoms with van der Waals surface area (Å²) >= 11 is 0. The SMILES string of the molecule is C1=CCC(c2nc(-c3ccccc3)nc(-n3c4ccccc4c4ccc5c6ccccc6n(-c6ccc(-c7nc8ccccc8[nH]7)nc6)c5c43)n2)C=C1. The molecule has 5 heterocycles. The van der Waals surface area contributed by atoms with Crippen molar-refractivity contribution < 1.29 is 0 Å². The van der Waals surface area contributed by atoms with Gasteiger partial charge in [0.2, 0.25) is 5.95 Å². The average Bonchev–Trinajstić information content (AvgIpc) is 3.92. The van der Waals surface area contributed by atoms with E-state index < -0.39 is 0 Å². The zero-order chi connectivity index (χ0) is 34.9. The second kappa shape index (κ2) is 11.7. The smallest absolute Gasteiger partial charge is 0.238 e. The zero-order valence-electron chi connectivity index (χ0n) is 28.4. The second-order valence-corrected chi connectivity index (χ2v) is 13.4. The van der Waals surface area contributed by atoms with Gasteiger partial charge in [-0.05, 0) is 42.8 Å². The number of benzene rings is 5. The number of aromatic nitrogens is 8. The Morgan fingerprint density at radius 1 is 0.585 bits per heavy atom. The van der Waals surface area contributed by atoms with Crippen molar-refractivity contribution in [2.24, 2.45) is 0 Å². The number of imidazole rings is 1. The molecule has 53 heavy (non-hydrogen) atoms. The van der Waals surface area contributed by atoms with Gasteiger partial charge in [-0.2, -0.15) is 9.97 Å². The molecular formula is C45H30N8. The standard InChI is InChI=1S/C45H30N8/c1-3-13-28(14-4-1)42-49-43(29-15-5-2-6-16-29)51-45(50-42)53-39-22-12-8-18-32(39)34-25-24-33-31-17-7-11-21-38(31)52(40(33)41(34)53)30-23-26-37(46-27-30)44-47-35-19-9-10-20-36(35)48-44/h1-15,17-27,29H,16H2,(H,47,48). The normalized spacial score (nSPS) is 14.4. The Kier molecular flexibility index (Phi) is 6.51. The lowest BCUT2D eigenvalue weighted by molar-refractivity contribution is 0.750. The molecule has 0 aliphatic heterocycles. The second-order valence-electron chi connectivity index (χ2n) is 13.4. The molecule has 1 aliphatic rings. The number of pyridine rings is 1. The van der Waals surface area contributed by atoms with Crippen LogP contribution in [0, 0.1) is 0 Å². The van der Waals surface area contributed by atoms with E-state index in [0.29, 0.717) is 11.8 Å². The van der Waals surface area contributed by atoms with Crippen LogP contribution in [0.3, 0.4) is 0 Å². The number of hydrogen-bond acceptors (Lipinski definition) is 5. The molecule has 11 rings (SSSR count). The number of aromatic amines is 1. The van der Waals surface area contributed by atoms with Crippen LogP contribution in [-0.4, -0.2) is 39.0 Å². The van der Waals surface area contributed by atoms with E-state index in [1.54, 1.807) is 0 Å². The number of nitrogens with one attached hydrogen (secondary N) is 1. The molecule has 8 heteroatoms. The lowest BCUT2D eigenvalue weighted by atomic mass is 10.00. The van der Waals surface area contributed by atoms with Crippen LogP contribution in [0.1, 0.15) is 18.2 Å². The summed E-state index contributed by atoms with van der Waals surface area (Å²) in [7, 11) is 0. The first-order chi connectivity index (χ1) is 26.3. The quantitative estimate of drug-likeness (QED) is 0.195. The number of hydrogen-bond donors (Lipinski definition) is 1. The fourth-order valence-electron chi connectivity index (χ4n) is 7.84. The summed E-state index contributed by atoms with van der Waals surface area (Å²) in [5.74, 6) is 2.77. The van der Waals surface area contributed by atoms with E-state index in [1.807, 2.05) is 54.7 Å². The van der Waals surface area contributed by atoms with Gasteiger partial charge in [-0.1, -0.05) is 115 Å². The molecule has 0 saturated heterocycles. The highest BCUT2D eigenvalue weighted by atomic mass is 15.2. The molecule has 0 radical (unpaired) electrons. The molecule has 1 N–H and O–H groups in total. The number of rotatable bonds is 5.